The van der Waals surface area contributed by atoms with Crippen molar-refractivity contribution in [2.24, 2.45) is 0 Å². The highest BCUT2D eigenvalue weighted by atomic mass is 16.5. The molecule has 0 spiro atoms. The summed E-state index contributed by atoms with van der Waals surface area (Å²) in [5, 5.41) is 0. The highest BCUT2D eigenvalue weighted by Crippen LogP contribution is 2.34. The summed E-state index contributed by atoms with van der Waals surface area (Å²) in [6, 6.07) is 23.5. The fourth-order valence-corrected chi connectivity index (χ4v) is 4.45. The zero-order valence-electron chi connectivity index (χ0n) is 17.8. The van der Waals surface area contributed by atoms with Gasteiger partial charge in [-0.3, -0.25) is 0 Å². The van der Waals surface area contributed by atoms with Crippen LogP contribution >= 0.6 is 0 Å². The van der Waals surface area contributed by atoms with E-state index in [1.54, 1.807) is 6.07 Å². The van der Waals surface area contributed by atoms with Crippen LogP contribution in [0.1, 0.15) is 59.4 Å². The first kappa shape index (κ1) is 20.5. The summed E-state index contributed by atoms with van der Waals surface area (Å²) in [5.41, 5.74) is 19.7. The molecule has 0 atom stereocenters. The van der Waals surface area contributed by atoms with E-state index >= 15 is 0 Å². The molecule has 1 fully saturated rings. The van der Waals surface area contributed by atoms with Gasteiger partial charge in [0.05, 0.1) is 12.7 Å². The molecule has 156 valence electrons. The summed E-state index contributed by atoms with van der Waals surface area (Å²) in [5.74, 6) is 0.640. The second kappa shape index (κ2) is 9.36. The zero-order chi connectivity index (χ0) is 20.9. The minimum atomic E-state index is 0.385. The number of nitrogen functional groups attached to an aromatic ring is 2. The van der Waals surface area contributed by atoms with E-state index in [0.29, 0.717) is 12.0 Å². The molecule has 3 aromatic carbocycles. The normalized spacial score (nSPS) is 19.0. The van der Waals surface area contributed by atoms with E-state index in [9.17, 15) is 0 Å². The summed E-state index contributed by atoms with van der Waals surface area (Å²) in [4.78, 5) is 0. The maximum Gasteiger partial charge on any atom is 0.0720 e. The lowest BCUT2D eigenvalue weighted by molar-refractivity contribution is 0.0133. The third-order valence-corrected chi connectivity index (χ3v) is 6.18. The van der Waals surface area contributed by atoms with Gasteiger partial charge in [0.25, 0.3) is 0 Å². The van der Waals surface area contributed by atoms with Gasteiger partial charge in [-0.1, -0.05) is 54.1 Å². The zero-order valence-corrected chi connectivity index (χ0v) is 17.8. The highest BCUT2D eigenvalue weighted by Gasteiger charge is 2.22. The van der Waals surface area contributed by atoms with Crippen LogP contribution in [0.15, 0.2) is 66.7 Å². The van der Waals surface area contributed by atoms with E-state index < -0.39 is 0 Å². The molecule has 4 rings (SSSR count). The van der Waals surface area contributed by atoms with Crippen LogP contribution in [0.3, 0.4) is 0 Å². The molecule has 0 unspecified atom stereocenters. The molecule has 0 heterocycles. The first-order valence-electron chi connectivity index (χ1n) is 11.0. The molecule has 0 bridgehead atoms. The van der Waals surface area contributed by atoms with Crippen LogP contribution in [-0.2, 0) is 17.8 Å². The molecule has 1 aliphatic rings. The van der Waals surface area contributed by atoms with Gasteiger partial charge in [-0.15, -0.1) is 0 Å². The third-order valence-electron chi connectivity index (χ3n) is 6.18. The average molecular weight is 401 g/mol. The van der Waals surface area contributed by atoms with E-state index in [2.05, 4.69) is 55.5 Å². The molecule has 0 amide bonds. The van der Waals surface area contributed by atoms with Gasteiger partial charge in [0.1, 0.15) is 0 Å². The summed E-state index contributed by atoms with van der Waals surface area (Å²) in [7, 11) is 0. The summed E-state index contributed by atoms with van der Waals surface area (Å²) in [6.07, 6.45) is 5.92. The third kappa shape index (κ3) is 5.43. The van der Waals surface area contributed by atoms with Crippen LogP contribution in [0.25, 0.3) is 0 Å². The monoisotopic (exact) mass is 400 g/mol. The fourth-order valence-electron chi connectivity index (χ4n) is 4.45. The molecule has 0 aromatic heterocycles. The first-order chi connectivity index (χ1) is 14.5. The molecule has 0 radical (unpaired) electrons. The Balaban J connectivity index is 1.27. The molecule has 1 aliphatic carbocycles. The Morgan fingerprint density at radius 3 is 1.97 bits per heavy atom. The number of hydrogen-bond donors (Lipinski definition) is 2. The Bertz CT molecular complexity index is 935. The summed E-state index contributed by atoms with van der Waals surface area (Å²) >= 11 is 0. The maximum atomic E-state index is 6.18. The van der Waals surface area contributed by atoms with Crippen molar-refractivity contribution in [3.05, 3.63) is 94.5 Å². The van der Waals surface area contributed by atoms with Crippen molar-refractivity contribution in [1.82, 2.24) is 0 Å². The predicted octanol–water partition coefficient (Wildman–Crippen LogP) is 5.99. The van der Waals surface area contributed by atoms with E-state index in [0.717, 1.165) is 42.8 Å². The highest BCUT2D eigenvalue weighted by molar-refractivity contribution is 5.55. The average Bonchev–Trinajstić information content (AvgIpc) is 2.74. The Hall–Kier alpha value is -2.78. The van der Waals surface area contributed by atoms with E-state index in [1.807, 2.05) is 12.1 Å². The summed E-state index contributed by atoms with van der Waals surface area (Å²) < 4.78 is 6.18. The van der Waals surface area contributed by atoms with Crippen LogP contribution in [0, 0.1) is 6.92 Å². The molecule has 3 nitrogen and oxygen atoms in total. The van der Waals surface area contributed by atoms with E-state index in [1.165, 1.54) is 35.1 Å². The number of aryl methyl sites for hydroxylation is 1. The Morgan fingerprint density at radius 2 is 1.33 bits per heavy atom. The minimum Gasteiger partial charge on any atom is -0.399 e. The van der Waals surface area contributed by atoms with Crippen LogP contribution in [-0.4, -0.2) is 6.10 Å². The first-order valence-corrected chi connectivity index (χ1v) is 11.0. The minimum absolute atomic E-state index is 0.385. The van der Waals surface area contributed by atoms with Crippen LogP contribution < -0.4 is 11.5 Å². The molecule has 0 aliphatic heterocycles. The van der Waals surface area contributed by atoms with E-state index in [-0.39, 0.29) is 0 Å². The summed E-state index contributed by atoms with van der Waals surface area (Å²) in [6.45, 7) is 2.84. The topological polar surface area (TPSA) is 61.3 Å². The van der Waals surface area contributed by atoms with Gasteiger partial charge < -0.3 is 16.2 Å². The Kier molecular flexibility index (Phi) is 6.39. The van der Waals surface area contributed by atoms with Crippen molar-refractivity contribution in [2.45, 2.75) is 57.7 Å². The second-order valence-corrected chi connectivity index (χ2v) is 8.70. The molecule has 30 heavy (non-hydrogen) atoms. The van der Waals surface area contributed by atoms with Crippen LogP contribution in [0.2, 0.25) is 0 Å². The quantitative estimate of drug-likeness (QED) is 0.499. The van der Waals surface area contributed by atoms with Crippen molar-refractivity contribution < 1.29 is 4.74 Å². The van der Waals surface area contributed by atoms with E-state index in [4.69, 9.17) is 16.2 Å². The number of hydrogen-bond acceptors (Lipinski definition) is 3. The van der Waals surface area contributed by atoms with Crippen molar-refractivity contribution in [3.63, 3.8) is 0 Å². The van der Waals surface area contributed by atoms with Gasteiger partial charge in [-0.2, -0.15) is 0 Å². The van der Waals surface area contributed by atoms with Crippen LogP contribution in [0.4, 0.5) is 11.4 Å². The van der Waals surface area contributed by atoms with Gasteiger partial charge >= 0.3 is 0 Å². The van der Waals surface area contributed by atoms with Gasteiger partial charge in [-0.25, -0.2) is 0 Å². The number of anilines is 2. The molecule has 3 aromatic rings. The fraction of sp³-hybridized carbons (Fsp3) is 0.333. The molecule has 1 saturated carbocycles. The SMILES string of the molecule is Cc1ccc(COC2CCC(c3ccc(Cc4cc(N)cc(N)c4)cc3)CC2)cc1. The maximum absolute atomic E-state index is 6.18. The van der Waals surface area contributed by atoms with Crippen molar-refractivity contribution in [1.29, 1.82) is 0 Å². The smallest absolute Gasteiger partial charge is 0.0720 e. The number of benzene rings is 3. The lowest BCUT2D eigenvalue weighted by atomic mass is 9.82. The number of nitrogens with two attached hydrogens (primary N) is 2. The van der Waals surface area contributed by atoms with Crippen molar-refractivity contribution >= 4 is 11.4 Å². The van der Waals surface area contributed by atoms with Gasteiger partial charge in [-0.05, 0) is 85.4 Å². The Morgan fingerprint density at radius 1 is 0.733 bits per heavy atom. The largest absolute Gasteiger partial charge is 0.399 e. The lowest BCUT2D eigenvalue weighted by Gasteiger charge is -2.29. The lowest BCUT2D eigenvalue weighted by Crippen LogP contribution is -2.20. The number of ether oxygens (including phenoxy) is 1. The molecular formula is C27H32N2O. The molecule has 3 heteroatoms. The predicted molar refractivity (Wildman–Crippen MR) is 125 cm³/mol. The molecule has 0 saturated heterocycles. The molecular weight excluding hydrogens is 368 g/mol. The number of rotatable bonds is 6. The van der Waals surface area contributed by atoms with Gasteiger partial charge in [0.2, 0.25) is 0 Å². The second-order valence-electron chi connectivity index (χ2n) is 8.70. The molecule has 4 N–H and O–H groups in total. The van der Waals surface area contributed by atoms with Crippen LogP contribution in [0.5, 0.6) is 0 Å². The Labute approximate surface area is 180 Å². The van der Waals surface area contributed by atoms with Crippen molar-refractivity contribution in [3.8, 4) is 0 Å². The van der Waals surface area contributed by atoms with Gasteiger partial charge in [0.15, 0.2) is 0 Å². The standard InChI is InChI=1S/C27H32N2O/c1-19-2-4-21(5-3-19)18-30-27-12-10-24(11-13-27)23-8-6-20(7-9-23)14-22-15-25(28)17-26(29)16-22/h2-9,15-17,24,27H,10-14,18,28-29H2,1H3. The van der Waals surface area contributed by atoms with Gasteiger partial charge in [0, 0.05) is 11.4 Å². The van der Waals surface area contributed by atoms with Crippen molar-refractivity contribution in [2.75, 3.05) is 11.5 Å².